The number of benzene rings is 2. The number of hydrogen-bond acceptors (Lipinski definition) is 7. The molecule has 4 amide bonds. The highest BCUT2D eigenvalue weighted by molar-refractivity contribution is 5.98. The van der Waals surface area contributed by atoms with Crippen molar-refractivity contribution >= 4 is 29.6 Å². The van der Waals surface area contributed by atoms with Crippen LogP contribution in [0.3, 0.4) is 0 Å². The van der Waals surface area contributed by atoms with Gasteiger partial charge in [0.15, 0.2) is 5.82 Å². The van der Waals surface area contributed by atoms with E-state index < -0.39 is 41.1 Å². The molecule has 1 saturated heterocycles. The number of carbonyl (C=O) groups is 4. The zero-order valence-electron chi connectivity index (χ0n) is 28.9. The van der Waals surface area contributed by atoms with Gasteiger partial charge in [-0.25, -0.2) is 9.78 Å². The van der Waals surface area contributed by atoms with Gasteiger partial charge in [0.1, 0.15) is 23.2 Å². The fourth-order valence-electron chi connectivity index (χ4n) is 5.61. The number of imidazole rings is 1. The number of nitrogens with one attached hydrogen (secondary N) is 3. The molecule has 2 heterocycles. The van der Waals surface area contributed by atoms with E-state index in [0.29, 0.717) is 0 Å². The van der Waals surface area contributed by atoms with E-state index in [1.807, 2.05) is 65.6 Å². The van der Waals surface area contributed by atoms with Crippen molar-refractivity contribution in [1.29, 1.82) is 0 Å². The predicted octanol–water partition coefficient (Wildman–Crippen LogP) is 4.82. The van der Waals surface area contributed by atoms with Crippen molar-refractivity contribution in [1.82, 2.24) is 25.1 Å². The Kier molecular flexibility index (Phi) is 11.6. The van der Waals surface area contributed by atoms with Crippen LogP contribution in [0.5, 0.6) is 0 Å². The quantitative estimate of drug-likeness (QED) is 0.253. The van der Waals surface area contributed by atoms with Crippen molar-refractivity contribution in [2.75, 3.05) is 11.9 Å². The summed E-state index contributed by atoms with van der Waals surface area (Å²) in [4.78, 5) is 59.8. The number of aromatic nitrogens is 2. The van der Waals surface area contributed by atoms with Crippen LogP contribution in [0.1, 0.15) is 78.5 Å². The highest BCUT2D eigenvalue weighted by atomic mass is 16.6. The first-order chi connectivity index (χ1) is 22.6. The maximum absolute atomic E-state index is 14.0. The van der Waals surface area contributed by atoms with Crippen LogP contribution >= 0.6 is 0 Å². The number of ether oxygens (including phenoxy) is 2. The molecule has 1 aromatic heterocycles. The van der Waals surface area contributed by atoms with Gasteiger partial charge in [0.25, 0.3) is 11.8 Å². The Balaban J connectivity index is 1.52. The van der Waals surface area contributed by atoms with E-state index in [1.165, 1.54) is 20.2 Å². The Labute approximate surface area is 282 Å². The molecule has 1 aliphatic rings. The zero-order valence-corrected chi connectivity index (χ0v) is 28.9. The zero-order chi connectivity index (χ0) is 35.1. The van der Waals surface area contributed by atoms with Crippen LogP contribution in [-0.4, -0.2) is 74.1 Å². The molecule has 0 aliphatic carbocycles. The number of nitrogens with zero attached hydrogens (tertiary/aromatic N) is 3. The third-order valence-electron chi connectivity index (χ3n) is 8.11. The fourth-order valence-corrected chi connectivity index (χ4v) is 5.61. The number of amides is 4. The Morgan fingerprint density at radius 3 is 2.12 bits per heavy atom. The fraction of sp³-hybridized carbons (Fsp3) is 0.472. The molecule has 0 bridgehead atoms. The Morgan fingerprint density at radius 1 is 0.917 bits per heavy atom. The summed E-state index contributed by atoms with van der Waals surface area (Å²) >= 11 is 0. The minimum Gasteiger partial charge on any atom is -0.444 e. The first-order valence-electron chi connectivity index (χ1n) is 16.3. The first kappa shape index (κ1) is 36.1. The van der Waals surface area contributed by atoms with E-state index in [4.69, 9.17) is 9.47 Å². The largest absolute Gasteiger partial charge is 0.444 e. The van der Waals surface area contributed by atoms with Crippen LogP contribution in [0.4, 0.5) is 10.6 Å². The lowest BCUT2D eigenvalue weighted by Gasteiger charge is -2.31. The van der Waals surface area contributed by atoms with Crippen molar-refractivity contribution in [3.05, 3.63) is 84.3 Å². The molecular weight excluding hydrogens is 612 g/mol. The lowest BCUT2D eigenvalue weighted by molar-refractivity contribution is -0.136. The molecule has 0 saturated carbocycles. The number of likely N-dealkylation sites (tertiary alicyclic amines) is 1. The molecule has 3 N–H and O–H groups in total. The van der Waals surface area contributed by atoms with Crippen molar-refractivity contribution in [2.45, 2.75) is 103 Å². The van der Waals surface area contributed by atoms with E-state index >= 15 is 0 Å². The Bertz CT molecular complexity index is 1540. The topological polar surface area (TPSA) is 144 Å². The Morgan fingerprint density at radius 2 is 1.52 bits per heavy atom. The number of alkyl carbamates (subject to hydrolysis) is 1. The summed E-state index contributed by atoms with van der Waals surface area (Å²) in [5, 5.41) is 8.04. The number of anilines is 1. The van der Waals surface area contributed by atoms with Gasteiger partial charge in [-0.2, -0.15) is 0 Å². The molecule has 4 atom stereocenters. The van der Waals surface area contributed by atoms with Crippen LogP contribution in [0.15, 0.2) is 73.2 Å². The molecule has 1 aliphatic heterocycles. The molecule has 3 unspecified atom stereocenters. The Hall–Kier alpha value is -4.71. The molecule has 1 fully saturated rings. The van der Waals surface area contributed by atoms with Crippen molar-refractivity contribution in [3.8, 4) is 0 Å². The average molecular weight is 661 g/mol. The molecule has 12 nitrogen and oxygen atoms in total. The molecule has 2 aromatic carbocycles. The molecule has 258 valence electrons. The second-order valence-corrected chi connectivity index (χ2v) is 13.8. The SMILES string of the molecule is CC1CCC(C)N1C(=O)C(c1ccccc1)n1cnc(NC(=O)[C@@H](COCc2ccccc2)NC(=O)C(C)(C)NC(=O)OC(C)(C)C)c1. The van der Waals surface area contributed by atoms with Crippen molar-refractivity contribution in [3.63, 3.8) is 0 Å². The maximum atomic E-state index is 14.0. The molecule has 48 heavy (non-hydrogen) atoms. The van der Waals surface area contributed by atoms with Crippen molar-refractivity contribution < 1.29 is 28.7 Å². The monoisotopic (exact) mass is 660 g/mol. The third kappa shape index (κ3) is 9.66. The van der Waals surface area contributed by atoms with E-state index in [1.54, 1.807) is 31.5 Å². The van der Waals surface area contributed by atoms with Crippen molar-refractivity contribution in [2.24, 2.45) is 0 Å². The number of rotatable bonds is 12. The minimum atomic E-state index is -1.42. The standard InChI is InChI=1S/C36H48N6O6/c1-24-18-19-25(2)42(24)32(44)30(27-16-12-9-13-17-27)41-20-29(37-23-41)39-31(43)28(22-47-21-26-14-10-8-11-15-26)38-33(45)36(6,7)40-34(46)48-35(3,4)5/h8-17,20,23-25,28,30H,18-19,21-22H2,1-7H3,(H,38,45)(H,39,43)(H,40,46)/t24?,25?,28-,30?/m1/s1. The van der Waals surface area contributed by atoms with Gasteiger partial charge in [0.05, 0.1) is 19.5 Å². The molecule has 0 spiro atoms. The summed E-state index contributed by atoms with van der Waals surface area (Å²) < 4.78 is 12.9. The summed E-state index contributed by atoms with van der Waals surface area (Å²) in [5.41, 5.74) is -0.493. The van der Waals surface area contributed by atoms with Crippen LogP contribution in [0.2, 0.25) is 0 Å². The van der Waals surface area contributed by atoms with Crippen LogP contribution < -0.4 is 16.0 Å². The molecule has 0 radical (unpaired) electrons. The van der Waals surface area contributed by atoms with Crippen LogP contribution in [0, 0.1) is 0 Å². The summed E-state index contributed by atoms with van der Waals surface area (Å²) in [7, 11) is 0. The van der Waals surface area contributed by atoms with Gasteiger partial charge in [-0.1, -0.05) is 60.7 Å². The minimum absolute atomic E-state index is 0.0480. The maximum Gasteiger partial charge on any atom is 0.408 e. The lowest BCUT2D eigenvalue weighted by atomic mass is 10.0. The number of carbonyl (C=O) groups excluding carboxylic acids is 4. The van der Waals surface area contributed by atoms with Gasteiger partial charge in [0.2, 0.25) is 5.91 Å². The highest BCUT2D eigenvalue weighted by Gasteiger charge is 2.37. The molecular formula is C36H48N6O6. The number of hydrogen-bond donors (Lipinski definition) is 3. The van der Waals surface area contributed by atoms with Gasteiger partial charge in [-0.05, 0) is 72.4 Å². The van der Waals surface area contributed by atoms with E-state index in [9.17, 15) is 19.2 Å². The van der Waals surface area contributed by atoms with Gasteiger partial charge >= 0.3 is 6.09 Å². The van der Waals surface area contributed by atoms with E-state index in [2.05, 4.69) is 34.8 Å². The summed E-state index contributed by atoms with van der Waals surface area (Å²) in [6.07, 6.45) is 4.22. The molecule has 4 rings (SSSR count). The van der Waals surface area contributed by atoms with E-state index in [0.717, 1.165) is 24.0 Å². The van der Waals surface area contributed by atoms with Gasteiger partial charge in [0, 0.05) is 18.3 Å². The summed E-state index contributed by atoms with van der Waals surface area (Å²) in [5.74, 6) is -1.05. The lowest BCUT2D eigenvalue weighted by Crippen LogP contribution is -2.59. The van der Waals surface area contributed by atoms with Crippen LogP contribution in [-0.2, 0) is 30.5 Å². The predicted molar refractivity (Wildman–Crippen MR) is 182 cm³/mol. The second kappa shape index (κ2) is 15.5. The van der Waals surface area contributed by atoms with Gasteiger partial charge < -0.3 is 34.9 Å². The normalized spacial score (nSPS) is 17.7. The summed E-state index contributed by atoms with van der Waals surface area (Å²) in [6.45, 7) is 12.3. The highest BCUT2D eigenvalue weighted by Crippen LogP contribution is 2.30. The third-order valence-corrected chi connectivity index (χ3v) is 8.11. The van der Waals surface area contributed by atoms with Gasteiger partial charge in [-0.15, -0.1) is 0 Å². The second-order valence-electron chi connectivity index (χ2n) is 13.8. The smallest absolute Gasteiger partial charge is 0.408 e. The molecule has 3 aromatic rings. The summed E-state index contributed by atoms with van der Waals surface area (Å²) in [6, 6.07) is 17.3. The average Bonchev–Trinajstić information content (AvgIpc) is 3.61. The van der Waals surface area contributed by atoms with E-state index in [-0.39, 0.29) is 37.0 Å². The van der Waals surface area contributed by atoms with Gasteiger partial charge in [-0.3, -0.25) is 14.4 Å². The molecule has 12 heteroatoms. The van der Waals surface area contributed by atoms with Crippen LogP contribution in [0.25, 0.3) is 0 Å². The first-order valence-corrected chi connectivity index (χ1v) is 16.3.